The van der Waals surface area contributed by atoms with Gasteiger partial charge in [-0.15, -0.1) is 0 Å². The van der Waals surface area contributed by atoms with E-state index in [-0.39, 0.29) is 30.1 Å². The van der Waals surface area contributed by atoms with E-state index in [9.17, 15) is 9.59 Å². The van der Waals surface area contributed by atoms with Crippen LogP contribution in [0, 0.1) is 0 Å². The van der Waals surface area contributed by atoms with Crippen LogP contribution in [0.25, 0.3) is 0 Å². The largest absolute Gasteiger partial charge is 1.00 e. The van der Waals surface area contributed by atoms with E-state index in [4.69, 9.17) is 14.2 Å². The van der Waals surface area contributed by atoms with E-state index >= 15 is 0 Å². The average molecular weight is 463 g/mol. The molecule has 8 heteroatoms. The van der Waals surface area contributed by atoms with Crippen molar-refractivity contribution in [3.8, 4) is 17.2 Å². The molecule has 2 N–H and O–H groups in total. The second-order valence-corrected chi connectivity index (χ2v) is 7.70. The lowest BCUT2D eigenvalue weighted by molar-refractivity contribution is -0.904. The average Bonchev–Trinajstić information content (AvgIpc) is 2.82. The van der Waals surface area contributed by atoms with Gasteiger partial charge >= 0.3 is 0 Å². The van der Waals surface area contributed by atoms with Crippen molar-refractivity contribution in [2.75, 3.05) is 41.0 Å². The minimum Gasteiger partial charge on any atom is -1.00 e. The number of amides is 1. The molecule has 1 amide bonds. The summed E-state index contributed by atoms with van der Waals surface area (Å²) in [5, 5.41) is 3.12. The van der Waals surface area contributed by atoms with Crippen LogP contribution in [-0.4, -0.2) is 58.7 Å². The smallest absolute Gasteiger partial charge is 0.251 e. The Morgan fingerprint density at radius 3 is 2.06 bits per heavy atom. The van der Waals surface area contributed by atoms with Gasteiger partial charge in [0, 0.05) is 30.0 Å². The summed E-state index contributed by atoms with van der Waals surface area (Å²) in [6.07, 6.45) is 2.30. The number of Topliss-reactive ketones (excluding diaryl/α,β-unsaturated/α-hetero) is 1. The van der Waals surface area contributed by atoms with Crippen molar-refractivity contribution in [2.24, 2.45) is 0 Å². The molecule has 1 fully saturated rings. The topological polar surface area (TPSA) is 78.3 Å². The molecule has 7 nitrogen and oxygen atoms in total. The molecule has 0 atom stereocenters. The van der Waals surface area contributed by atoms with Crippen LogP contribution < -0.4 is 36.8 Å². The summed E-state index contributed by atoms with van der Waals surface area (Å²) in [6, 6.07) is 12.9. The number of rotatable bonds is 9. The lowest BCUT2D eigenvalue weighted by Crippen LogP contribution is -3.13. The Bertz CT molecular complexity index is 874. The Labute approximate surface area is 195 Å². The summed E-state index contributed by atoms with van der Waals surface area (Å²) in [7, 11) is 4.59. The molecule has 32 heavy (non-hydrogen) atoms. The summed E-state index contributed by atoms with van der Waals surface area (Å²) < 4.78 is 16.0. The van der Waals surface area contributed by atoms with E-state index < -0.39 is 0 Å². The Kier molecular flexibility index (Phi) is 9.81. The number of halogens is 1. The van der Waals surface area contributed by atoms with Crippen molar-refractivity contribution in [2.45, 2.75) is 25.3 Å². The maximum atomic E-state index is 12.8. The van der Waals surface area contributed by atoms with E-state index in [1.165, 1.54) is 26.2 Å². The van der Waals surface area contributed by atoms with Crippen molar-refractivity contribution in [1.29, 1.82) is 0 Å². The number of nitrogens with one attached hydrogen (secondary N) is 2. The molecule has 0 saturated carbocycles. The van der Waals surface area contributed by atoms with Gasteiger partial charge in [-0.3, -0.25) is 9.59 Å². The minimum atomic E-state index is -0.160. The van der Waals surface area contributed by atoms with Crippen LogP contribution in [0.1, 0.15) is 40.0 Å². The molecule has 1 aliphatic rings. The van der Waals surface area contributed by atoms with Crippen molar-refractivity contribution < 1.29 is 41.1 Å². The second kappa shape index (κ2) is 12.3. The number of ketones is 1. The van der Waals surface area contributed by atoms with Crippen LogP contribution in [0.4, 0.5) is 0 Å². The van der Waals surface area contributed by atoms with Crippen LogP contribution >= 0.6 is 0 Å². The van der Waals surface area contributed by atoms with Gasteiger partial charge in [0.2, 0.25) is 5.75 Å². The number of piperidine rings is 1. The molecular weight excluding hydrogens is 432 g/mol. The molecule has 0 aromatic heterocycles. The number of quaternary nitrogens is 1. The first-order valence-electron chi connectivity index (χ1n) is 10.6. The zero-order valence-electron chi connectivity index (χ0n) is 18.8. The van der Waals surface area contributed by atoms with E-state index in [0.717, 1.165) is 38.0 Å². The molecule has 0 unspecified atom stereocenters. The Balaban J connectivity index is 0.00000363. The highest BCUT2D eigenvalue weighted by molar-refractivity contribution is 5.96. The van der Waals surface area contributed by atoms with Gasteiger partial charge in [-0.2, -0.15) is 0 Å². The predicted molar refractivity (Wildman–Crippen MR) is 118 cm³/mol. The number of methoxy groups -OCH3 is 3. The van der Waals surface area contributed by atoms with E-state index in [1.54, 1.807) is 12.1 Å². The number of likely N-dealkylation sites (tertiary alicyclic amines) is 1. The van der Waals surface area contributed by atoms with Crippen LogP contribution in [0.5, 0.6) is 17.2 Å². The fourth-order valence-corrected chi connectivity index (χ4v) is 3.96. The number of hydrogen-bond donors (Lipinski definition) is 2. The highest BCUT2D eigenvalue weighted by atomic mass is 35.5. The highest BCUT2D eigenvalue weighted by Crippen LogP contribution is 2.38. The fraction of sp³-hybridized carbons (Fsp3) is 0.417. The molecule has 1 aliphatic heterocycles. The molecule has 1 heterocycles. The van der Waals surface area contributed by atoms with Crippen molar-refractivity contribution in [3.63, 3.8) is 0 Å². The zero-order valence-corrected chi connectivity index (χ0v) is 19.5. The Morgan fingerprint density at radius 2 is 1.53 bits per heavy atom. The summed E-state index contributed by atoms with van der Waals surface area (Å²) >= 11 is 0. The molecule has 0 radical (unpaired) electrons. The van der Waals surface area contributed by atoms with E-state index in [2.05, 4.69) is 5.32 Å². The summed E-state index contributed by atoms with van der Waals surface area (Å²) in [5.41, 5.74) is 1.24. The van der Waals surface area contributed by atoms with Gasteiger partial charge in [0.05, 0.1) is 47.4 Å². The van der Waals surface area contributed by atoms with E-state index in [1.807, 2.05) is 30.3 Å². The molecule has 3 rings (SSSR count). The number of benzene rings is 2. The maximum Gasteiger partial charge on any atom is 0.251 e. The number of carbonyl (C=O) groups is 2. The fourth-order valence-electron chi connectivity index (χ4n) is 3.96. The van der Waals surface area contributed by atoms with Gasteiger partial charge < -0.3 is 36.8 Å². The lowest BCUT2D eigenvalue weighted by atomic mass is 10.0. The monoisotopic (exact) mass is 462 g/mol. The van der Waals surface area contributed by atoms with Crippen molar-refractivity contribution in [1.82, 2.24) is 5.32 Å². The van der Waals surface area contributed by atoms with Gasteiger partial charge in [-0.05, 0) is 12.1 Å². The third-order valence-electron chi connectivity index (χ3n) is 5.76. The van der Waals surface area contributed by atoms with Gasteiger partial charge in [-0.25, -0.2) is 0 Å². The SMILES string of the molecule is COc1cc(C(=O)NC2CC[NH+](CCC(=O)c3ccccc3)CC2)cc(OC)c1OC.[Cl-]. The van der Waals surface area contributed by atoms with Crippen LogP contribution in [0.3, 0.4) is 0 Å². The Hall–Kier alpha value is -2.77. The summed E-state index contributed by atoms with van der Waals surface area (Å²) in [4.78, 5) is 26.5. The molecule has 2 aromatic carbocycles. The number of hydrogen-bond acceptors (Lipinski definition) is 5. The van der Waals surface area contributed by atoms with Crippen LogP contribution in [-0.2, 0) is 0 Å². The maximum absolute atomic E-state index is 12.8. The van der Waals surface area contributed by atoms with Gasteiger partial charge in [0.1, 0.15) is 0 Å². The highest BCUT2D eigenvalue weighted by Gasteiger charge is 2.25. The van der Waals surface area contributed by atoms with Gasteiger partial charge in [0.15, 0.2) is 17.3 Å². The molecule has 2 aromatic rings. The standard InChI is InChI=1S/C24H30N2O5.ClH/c1-29-21-15-18(16-22(30-2)23(21)31-3)24(28)25-19-9-12-26(13-10-19)14-11-20(27)17-7-5-4-6-8-17;/h4-8,15-16,19H,9-14H2,1-3H3,(H,25,28);1H. The predicted octanol–water partition coefficient (Wildman–Crippen LogP) is -1.23. The number of ether oxygens (including phenoxy) is 3. The third-order valence-corrected chi connectivity index (χ3v) is 5.76. The Morgan fingerprint density at radius 1 is 0.938 bits per heavy atom. The first kappa shape index (κ1) is 25.5. The van der Waals surface area contributed by atoms with E-state index in [0.29, 0.717) is 29.2 Å². The molecule has 174 valence electrons. The van der Waals surface area contributed by atoms with Crippen LogP contribution in [0.2, 0.25) is 0 Å². The lowest BCUT2D eigenvalue weighted by Gasteiger charge is -2.29. The van der Waals surface area contributed by atoms with Gasteiger partial charge in [0.25, 0.3) is 5.91 Å². The molecule has 0 spiro atoms. The third kappa shape index (κ3) is 6.37. The first-order chi connectivity index (χ1) is 15.0. The summed E-state index contributed by atoms with van der Waals surface area (Å²) in [6.45, 7) is 2.69. The minimum absolute atomic E-state index is 0. The molecular formula is C24H31ClN2O5. The molecule has 1 saturated heterocycles. The quantitative estimate of drug-likeness (QED) is 0.456. The second-order valence-electron chi connectivity index (χ2n) is 7.70. The number of carbonyl (C=O) groups excluding carboxylic acids is 2. The van der Waals surface area contributed by atoms with Crippen molar-refractivity contribution in [3.05, 3.63) is 53.6 Å². The van der Waals surface area contributed by atoms with Crippen LogP contribution in [0.15, 0.2) is 42.5 Å². The van der Waals surface area contributed by atoms with Gasteiger partial charge in [-0.1, -0.05) is 30.3 Å². The molecule has 0 bridgehead atoms. The van der Waals surface area contributed by atoms with Crippen molar-refractivity contribution >= 4 is 11.7 Å². The summed E-state index contributed by atoms with van der Waals surface area (Å²) in [5.74, 6) is 1.39. The zero-order chi connectivity index (χ0) is 22.2. The normalized spacial score (nSPS) is 17.6. The molecule has 0 aliphatic carbocycles. The first-order valence-corrected chi connectivity index (χ1v) is 10.6.